The van der Waals surface area contributed by atoms with Gasteiger partial charge in [0.05, 0.1) is 11.4 Å². The standard InChI is InChI=1S/C24H25FN6O5S/c1-4-37(33,34)31-18-10-7-16(12-19(18)35-14(3)15-5-8-17(25)9-6-15)22-21(23(26)32)24(29-28-22)27-20-11-13(2)36-30-20/h5-12,14,31H,4H2,1-3H3,(H2,26,32)(H2,27,28,29,30)/t14-/m0/s1. The number of aromatic amines is 1. The fourth-order valence-electron chi connectivity index (χ4n) is 3.52. The number of amides is 1. The van der Waals surface area contributed by atoms with E-state index in [0.717, 1.165) is 0 Å². The number of ether oxygens (including phenoxy) is 1. The first-order chi connectivity index (χ1) is 17.6. The summed E-state index contributed by atoms with van der Waals surface area (Å²) >= 11 is 0. The number of anilines is 3. The molecular weight excluding hydrogens is 503 g/mol. The Hall–Kier alpha value is -4.39. The van der Waals surface area contributed by atoms with Gasteiger partial charge < -0.3 is 20.3 Å². The lowest BCUT2D eigenvalue weighted by Crippen LogP contribution is -2.16. The van der Waals surface area contributed by atoms with Crippen molar-refractivity contribution in [1.82, 2.24) is 15.4 Å². The van der Waals surface area contributed by atoms with Crippen molar-refractivity contribution < 1.29 is 26.9 Å². The van der Waals surface area contributed by atoms with Crippen LogP contribution in [-0.2, 0) is 10.0 Å². The number of H-pyrrole nitrogens is 1. The Morgan fingerprint density at radius 2 is 1.95 bits per heavy atom. The summed E-state index contributed by atoms with van der Waals surface area (Å²) in [5.74, 6) is -0.0213. The molecule has 2 aromatic heterocycles. The third kappa shape index (κ3) is 5.89. The molecule has 4 aromatic rings. The van der Waals surface area contributed by atoms with E-state index in [9.17, 15) is 17.6 Å². The molecule has 1 amide bonds. The van der Waals surface area contributed by atoms with Crippen molar-refractivity contribution in [2.75, 3.05) is 15.8 Å². The second-order valence-corrected chi connectivity index (χ2v) is 10.2. The van der Waals surface area contributed by atoms with Crippen molar-refractivity contribution in [2.24, 2.45) is 5.73 Å². The van der Waals surface area contributed by atoms with E-state index in [4.69, 9.17) is 15.0 Å². The molecule has 0 saturated carbocycles. The largest absolute Gasteiger partial charge is 0.484 e. The van der Waals surface area contributed by atoms with Gasteiger partial charge in [0.2, 0.25) is 10.0 Å². The molecule has 0 aliphatic heterocycles. The highest BCUT2D eigenvalue weighted by Crippen LogP contribution is 2.36. The van der Waals surface area contributed by atoms with Crippen molar-refractivity contribution in [1.29, 1.82) is 0 Å². The molecule has 194 valence electrons. The average Bonchev–Trinajstić information content (AvgIpc) is 3.46. The molecule has 11 nitrogen and oxygen atoms in total. The van der Waals surface area contributed by atoms with Crippen LogP contribution in [0.1, 0.15) is 41.6 Å². The molecule has 4 rings (SSSR count). The molecule has 13 heteroatoms. The Morgan fingerprint density at radius 3 is 2.57 bits per heavy atom. The number of sulfonamides is 1. The van der Waals surface area contributed by atoms with Crippen LogP contribution in [0, 0.1) is 12.7 Å². The zero-order valence-electron chi connectivity index (χ0n) is 20.2. The maximum absolute atomic E-state index is 13.4. The predicted molar refractivity (Wildman–Crippen MR) is 136 cm³/mol. The van der Waals surface area contributed by atoms with Crippen LogP contribution >= 0.6 is 0 Å². The third-order valence-corrected chi connectivity index (χ3v) is 6.73. The van der Waals surface area contributed by atoms with Crippen LogP contribution in [0.2, 0.25) is 0 Å². The van der Waals surface area contributed by atoms with E-state index in [1.54, 1.807) is 44.2 Å². The SMILES string of the molecule is CCS(=O)(=O)Nc1ccc(-c2n[nH]c(Nc3cc(C)on3)c2C(N)=O)cc1O[C@@H](C)c1ccc(F)cc1. The Balaban J connectivity index is 1.74. The van der Waals surface area contributed by atoms with Gasteiger partial charge in [-0.05, 0) is 50.6 Å². The maximum Gasteiger partial charge on any atom is 0.254 e. The molecule has 0 saturated heterocycles. The summed E-state index contributed by atoms with van der Waals surface area (Å²) in [6, 6.07) is 12.0. The highest BCUT2D eigenvalue weighted by atomic mass is 32.2. The summed E-state index contributed by atoms with van der Waals surface area (Å²) < 4.78 is 51.5. The summed E-state index contributed by atoms with van der Waals surface area (Å²) in [7, 11) is -3.63. The van der Waals surface area contributed by atoms with Gasteiger partial charge in [-0.15, -0.1) is 0 Å². The fourth-order valence-corrected chi connectivity index (χ4v) is 4.17. The number of hydrogen-bond donors (Lipinski definition) is 4. The number of primary amides is 1. The van der Waals surface area contributed by atoms with Gasteiger partial charge in [0.1, 0.15) is 40.5 Å². The van der Waals surface area contributed by atoms with Crippen LogP contribution in [0.25, 0.3) is 11.3 Å². The van der Waals surface area contributed by atoms with Crippen LogP contribution < -0.4 is 20.5 Å². The van der Waals surface area contributed by atoms with Crippen LogP contribution in [0.15, 0.2) is 53.1 Å². The van der Waals surface area contributed by atoms with Crippen LogP contribution in [0.4, 0.5) is 21.7 Å². The molecule has 0 aliphatic rings. The summed E-state index contributed by atoms with van der Waals surface area (Å²) in [5.41, 5.74) is 7.20. The Labute approximate surface area is 212 Å². The average molecular weight is 529 g/mol. The normalized spacial score (nSPS) is 12.2. The topological polar surface area (TPSA) is 165 Å². The van der Waals surface area contributed by atoms with E-state index in [1.807, 2.05) is 0 Å². The number of carbonyl (C=O) groups excluding carboxylic acids is 1. The minimum absolute atomic E-state index is 0.0556. The first kappa shape index (κ1) is 25.7. The van der Waals surface area contributed by atoms with Gasteiger partial charge in [-0.2, -0.15) is 5.10 Å². The van der Waals surface area contributed by atoms with Gasteiger partial charge in [-0.1, -0.05) is 23.4 Å². The van der Waals surface area contributed by atoms with Gasteiger partial charge in [-0.3, -0.25) is 14.6 Å². The summed E-state index contributed by atoms with van der Waals surface area (Å²) in [4.78, 5) is 12.4. The summed E-state index contributed by atoms with van der Waals surface area (Å²) in [5, 5.41) is 13.7. The van der Waals surface area contributed by atoms with E-state index in [-0.39, 0.29) is 34.3 Å². The number of halogens is 1. The predicted octanol–water partition coefficient (Wildman–Crippen LogP) is 4.26. The molecular formula is C24H25FN6O5S. The second-order valence-electron chi connectivity index (χ2n) is 8.16. The molecule has 1 atom stereocenters. The number of aromatic nitrogens is 3. The maximum atomic E-state index is 13.4. The molecule has 2 aromatic carbocycles. The van der Waals surface area contributed by atoms with Crippen molar-refractivity contribution in [3.05, 3.63) is 71.2 Å². The molecule has 37 heavy (non-hydrogen) atoms. The van der Waals surface area contributed by atoms with E-state index in [1.165, 1.54) is 25.1 Å². The van der Waals surface area contributed by atoms with Crippen LogP contribution in [0.3, 0.4) is 0 Å². The monoisotopic (exact) mass is 528 g/mol. The molecule has 0 radical (unpaired) electrons. The van der Waals surface area contributed by atoms with Crippen molar-refractivity contribution in [2.45, 2.75) is 26.9 Å². The zero-order valence-corrected chi connectivity index (χ0v) is 21.0. The first-order valence-corrected chi connectivity index (χ1v) is 12.9. The Morgan fingerprint density at radius 1 is 1.22 bits per heavy atom. The molecule has 2 heterocycles. The molecule has 0 aliphatic carbocycles. The van der Waals surface area contributed by atoms with Gasteiger partial charge in [-0.25, -0.2) is 12.8 Å². The summed E-state index contributed by atoms with van der Waals surface area (Å²) in [6.07, 6.45) is -0.567. The number of benzene rings is 2. The van der Waals surface area contributed by atoms with Gasteiger partial charge in [0.15, 0.2) is 5.82 Å². The van der Waals surface area contributed by atoms with Crippen molar-refractivity contribution in [3.63, 3.8) is 0 Å². The van der Waals surface area contributed by atoms with Gasteiger partial charge in [0, 0.05) is 11.6 Å². The number of hydrogen-bond acceptors (Lipinski definition) is 8. The third-order valence-electron chi connectivity index (χ3n) is 5.44. The minimum atomic E-state index is -3.63. The van der Waals surface area contributed by atoms with Crippen LogP contribution in [-0.4, -0.2) is 35.4 Å². The lowest BCUT2D eigenvalue weighted by Gasteiger charge is -2.19. The van der Waals surface area contributed by atoms with Gasteiger partial charge in [0.25, 0.3) is 5.91 Å². The van der Waals surface area contributed by atoms with E-state index in [2.05, 4.69) is 25.4 Å². The number of nitrogens with two attached hydrogens (primary N) is 1. The summed E-state index contributed by atoms with van der Waals surface area (Å²) in [6.45, 7) is 4.96. The number of nitrogens with zero attached hydrogens (tertiary/aromatic N) is 2. The quantitative estimate of drug-likeness (QED) is 0.237. The van der Waals surface area contributed by atoms with E-state index >= 15 is 0 Å². The fraction of sp³-hybridized carbons (Fsp3) is 0.208. The lowest BCUT2D eigenvalue weighted by molar-refractivity contribution is 0.100. The Kier molecular flexibility index (Phi) is 7.16. The highest BCUT2D eigenvalue weighted by Gasteiger charge is 2.23. The first-order valence-electron chi connectivity index (χ1n) is 11.2. The van der Waals surface area contributed by atoms with Crippen molar-refractivity contribution in [3.8, 4) is 17.0 Å². The lowest BCUT2D eigenvalue weighted by atomic mass is 10.1. The molecule has 0 spiro atoms. The number of aryl methyl sites for hydroxylation is 1. The molecule has 0 unspecified atom stereocenters. The molecule has 5 N–H and O–H groups in total. The molecule has 0 bridgehead atoms. The van der Waals surface area contributed by atoms with E-state index < -0.39 is 27.9 Å². The molecule has 0 fully saturated rings. The minimum Gasteiger partial charge on any atom is -0.484 e. The van der Waals surface area contributed by atoms with E-state index in [0.29, 0.717) is 22.7 Å². The van der Waals surface area contributed by atoms with Gasteiger partial charge >= 0.3 is 0 Å². The number of rotatable bonds is 10. The van der Waals surface area contributed by atoms with Crippen LogP contribution in [0.5, 0.6) is 5.75 Å². The number of carbonyl (C=O) groups is 1. The smallest absolute Gasteiger partial charge is 0.254 e. The Bertz CT molecular complexity index is 1530. The van der Waals surface area contributed by atoms with Crippen molar-refractivity contribution >= 4 is 33.3 Å². The number of nitrogens with one attached hydrogen (secondary N) is 3. The highest BCUT2D eigenvalue weighted by molar-refractivity contribution is 7.92. The second kappa shape index (κ2) is 10.3. The zero-order chi connectivity index (χ0) is 26.7.